The van der Waals surface area contributed by atoms with Crippen molar-refractivity contribution < 1.29 is 4.39 Å². The minimum Gasteiger partial charge on any atom is -0.399 e. The molecule has 0 saturated carbocycles. The summed E-state index contributed by atoms with van der Waals surface area (Å²) in [4.78, 5) is 4.60. The summed E-state index contributed by atoms with van der Waals surface area (Å²) in [6.07, 6.45) is 0. The van der Waals surface area contributed by atoms with E-state index in [0.29, 0.717) is 10.7 Å². The van der Waals surface area contributed by atoms with Gasteiger partial charge in [0, 0.05) is 38.4 Å². The summed E-state index contributed by atoms with van der Waals surface area (Å²) in [5.74, 6) is -0.176. The molecule has 5 heteroatoms. The maximum absolute atomic E-state index is 13.2. The maximum atomic E-state index is 13.2. The molecule has 2 N–H and O–H groups in total. The molecule has 22 heavy (non-hydrogen) atoms. The SMILES string of the molecule is Nc1ccc(N2CCN(Cc3cccc(F)c3)CC2)c(Cl)c1. The smallest absolute Gasteiger partial charge is 0.123 e. The van der Waals surface area contributed by atoms with Crippen molar-refractivity contribution in [2.45, 2.75) is 6.54 Å². The van der Waals surface area contributed by atoms with E-state index in [-0.39, 0.29) is 5.82 Å². The van der Waals surface area contributed by atoms with Gasteiger partial charge in [0.25, 0.3) is 0 Å². The first-order valence-corrected chi connectivity index (χ1v) is 7.76. The molecule has 116 valence electrons. The molecular weight excluding hydrogens is 301 g/mol. The molecule has 0 radical (unpaired) electrons. The summed E-state index contributed by atoms with van der Waals surface area (Å²) in [5, 5.41) is 0.693. The van der Waals surface area contributed by atoms with E-state index >= 15 is 0 Å². The molecule has 2 aromatic rings. The molecule has 0 aliphatic carbocycles. The highest BCUT2D eigenvalue weighted by molar-refractivity contribution is 6.33. The minimum absolute atomic E-state index is 0.176. The van der Waals surface area contributed by atoms with Gasteiger partial charge in [0.1, 0.15) is 5.82 Å². The van der Waals surface area contributed by atoms with Crippen LogP contribution in [0.25, 0.3) is 0 Å². The Kier molecular flexibility index (Phi) is 4.50. The summed E-state index contributed by atoms with van der Waals surface area (Å²) in [7, 11) is 0. The Balaban J connectivity index is 1.60. The number of anilines is 2. The van der Waals surface area contributed by atoms with E-state index in [1.54, 1.807) is 18.2 Å². The van der Waals surface area contributed by atoms with Crippen molar-refractivity contribution in [1.29, 1.82) is 0 Å². The van der Waals surface area contributed by atoms with Crippen LogP contribution in [0.1, 0.15) is 5.56 Å². The minimum atomic E-state index is -0.176. The number of nitrogen functional groups attached to an aromatic ring is 1. The molecule has 0 bridgehead atoms. The van der Waals surface area contributed by atoms with Gasteiger partial charge in [0.15, 0.2) is 0 Å². The number of rotatable bonds is 3. The van der Waals surface area contributed by atoms with Crippen molar-refractivity contribution in [2.75, 3.05) is 36.8 Å². The monoisotopic (exact) mass is 319 g/mol. The van der Waals surface area contributed by atoms with E-state index in [1.165, 1.54) is 6.07 Å². The predicted octanol–water partition coefficient (Wildman–Crippen LogP) is 3.38. The number of nitrogens with two attached hydrogens (primary N) is 1. The van der Waals surface area contributed by atoms with E-state index in [4.69, 9.17) is 17.3 Å². The molecule has 3 nitrogen and oxygen atoms in total. The Morgan fingerprint density at radius 2 is 1.82 bits per heavy atom. The number of nitrogens with zero attached hydrogens (tertiary/aromatic N) is 2. The maximum Gasteiger partial charge on any atom is 0.123 e. The first-order valence-electron chi connectivity index (χ1n) is 7.38. The second kappa shape index (κ2) is 6.55. The lowest BCUT2D eigenvalue weighted by molar-refractivity contribution is 0.249. The first-order chi connectivity index (χ1) is 10.6. The first kappa shape index (κ1) is 15.1. The lowest BCUT2D eigenvalue weighted by Gasteiger charge is -2.36. The van der Waals surface area contributed by atoms with Crippen LogP contribution in [-0.2, 0) is 6.54 Å². The van der Waals surface area contributed by atoms with E-state index < -0.39 is 0 Å². The normalized spacial score (nSPS) is 16.0. The molecule has 1 aliphatic heterocycles. The molecule has 1 aliphatic rings. The Hall–Kier alpha value is -1.78. The van der Waals surface area contributed by atoms with Crippen LogP contribution < -0.4 is 10.6 Å². The number of halogens is 2. The number of hydrogen-bond donors (Lipinski definition) is 1. The van der Waals surface area contributed by atoms with Crippen molar-refractivity contribution in [1.82, 2.24) is 4.90 Å². The molecule has 0 atom stereocenters. The Morgan fingerprint density at radius 3 is 2.50 bits per heavy atom. The highest BCUT2D eigenvalue weighted by atomic mass is 35.5. The predicted molar refractivity (Wildman–Crippen MR) is 89.8 cm³/mol. The highest BCUT2D eigenvalue weighted by Crippen LogP contribution is 2.28. The molecule has 0 unspecified atom stereocenters. The fourth-order valence-electron chi connectivity index (χ4n) is 2.82. The van der Waals surface area contributed by atoms with Crippen LogP contribution in [-0.4, -0.2) is 31.1 Å². The second-order valence-corrected chi connectivity index (χ2v) is 6.01. The van der Waals surface area contributed by atoms with Gasteiger partial charge in [-0.05, 0) is 35.9 Å². The van der Waals surface area contributed by atoms with Crippen LogP contribution in [0.2, 0.25) is 5.02 Å². The van der Waals surface area contributed by atoms with Gasteiger partial charge in [-0.2, -0.15) is 0 Å². The van der Waals surface area contributed by atoms with Crippen LogP contribution in [0, 0.1) is 5.82 Å². The zero-order valence-electron chi connectivity index (χ0n) is 12.3. The number of hydrogen-bond acceptors (Lipinski definition) is 3. The van der Waals surface area contributed by atoms with E-state index in [1.807, 2.05) is 18.2 Å². The third-order valence-corrected chi connectivity index (χ3v) is 4.28. The van der Waals surface area contributed by atoms with Gasteiger partial charge >= 0.3 is 0 Å². The lowest BCUT2D eigenvalue weighted by Crippen LogP contribution is -2.46. The van der Waals surface area contributed by atoms with Gasteiger partial charge < -0.3 is 10.6 Å². The van der Waals surface area contributed by atoms with E-state index in [2.05, 4.69) is 9.80 Å². The fourth-order valence-corrected chi connectivity index (χ4v) is 3.13. The second-order valence-electron chi connectivity index (χ2n) is 5.60. The molecule has 1 saturated heterocycles. The molecule has 1 fully saturated rings. The summed E-state index contributed by atoms with van der Waals surface area (Å²) in [5.41, 5.74) is 8.46. The van der Waals surface area contributed by atoms with Crippen LogP contribution in [0.15, 0.2) is 42.5 Å². The molecule has 0 spiro atoms. The molecular formula is C17H19ClFN3. The van der Waals surface area contributed by atoms with Crippen LogP contribution in [0.4, 0.5) is 15.8 Å². The third-order valence-electron chi connectivity index (χ3n) is 3.98. The van der Waals surface area contributed by atoms with Crippen LogP contribution in [0.3, 0.4) is 0 Å². The van der Waals surface area contributed by atoms with Gasteiger partial charge in [-0.1, -0.05) is 23.7 Å². The summed E-state index contributed by atoms with van der Waals surface area (Å²) < 4.78 is 13.2. The van der Waals surface area contributed by atoms with Crippen molar-refractivity contribution >= 4 is 23.0 Å². The van der Waals surface area contributed by atoms with Crippen molar-refractivity contribution in [3.8, 4) is 0 Å². The summed E-state index contributed by atoms with van der Waals surface area (Å²) in [6, 6.07) is 12.4. The molecule has 1 heterocycles. The molecule has 2 aromatic carbocycles. The third kappa shape index (κ3) is 3.51. The van der Waals surface area contributed by atoms with Gasteiger partial charge in [-0.15, -0.1) is 0 Å². The van der Waals surface area contributed by atoms with Gasteiger partial charge in [0.2, 0.25) is 0 Å². The fraction of sp³-hybridized carbons (Fsp3) is 0.294. The van der Waals surface area contributed by atoms with Crippen LogP contribution >= 0.6 is 11.6 Å². The molecule has 3 rings (SSSR count). The Morgan fingerprint density at radius 1 is 1.05 bits per heavy atom. The average Bonchev–Trinajstić information content (AvgIpc) is 2.48. The van der Waals surface area contributed by atoms with Crippen molar-refractivity contribution in [3.63, 3.8) is 0 Å². The number of piperazine rings is 1. The standard InChI is InChI=1S/C17H19ClFN3/c18-16-11-15(20)4-5-17(16)22-8-6-21(7-9-22)12-13-2-1-3-14(19)10-13/h1-5,10-11H,6-9,12,20H2. The van der Waals surface area contributed by atoms with E-state index in [0.717, 1.165) is 44.0 Å². The van der Waals surface area contributed by atoms with Crippen molar-refractivity contribution in [3.05, 3.63) is 58.9 Å². The average molecular weight is 320 g/mol. The number of benzene rings is 2. The quantitative estimate of drug-likeness (QED) is 0.880. The zero-order valence-corrected chi connectivity index (χ0v) is 13.1. The van der Waals surface area contributed by atoms with Gasteiger partial charge in [-0.25, -0.2) is 4.39 Å². The van der Waals surface area contributed by atoms with Crippen LogP contribution in [0.5, 0.6) is 0 Å². The van der Waals surface area contributed by atoms with Crippen molar-refractivity contribution in [2.24, 2.45) is 0 Å². The van der Waals surface area contributed by atoms with E-state index in [9.17, 15) is 4.39 Å². The lowest BCUT2D eigenvalue weighted by atomic mass is 10.2. The summed E-state index contributed by atoms with van der Waals surface area (Å²) >= 11 is 6.27. The topological polar surface area (TPSA) is 32.5 Å². The molecule has 0 aromatic heterocycles. The summed E-state index contributed by atoms with van der Waals surface area (Å²) in [6.45, 7) is 4.44. The largest absolute Gasteiger partial charge is 0.399 e. The van der Waals surface area contributed by atoms with Gasteiger partial charge in [0.05, 0.1) is 10.7 Å². The zero-order chi connectivity index (χ0) is 15.5. The highest BCUT2D eigenvalue weighted by Gasteiger charge is 2.19. The van der Waals surface area contributed by atoms with Gasteiger partial charge in [-0.3, -0.25) is 4.90 Å². The Bertz CT molecular complexity index is 654. The Labute approximate surface area is 135 Å². The molecule has 0 amide bonds.